The quantitative estimate of drug-likeness (QED) is 0.685. The van der Waals surface area contributed by atoms with Crippen molar-refractivity contribution in [2.75, 3.05) is 29.7 Å². The van der Waals surface area contributed by atoms with Crippen LogP contribution in [-0.2, 0) is 21.2 Å². The van der Waals surface area contributed by atoms with E-state index < -0.39 is 9.84 Å². The molecule has 2 atom stereocenters. The van der Waals surface area contributed by atoms with Crippen LogP contribution in [0.3, 0.4) is 0 Å². The summed E-state index contributed by atoms with van der Waals surface area (Å²) in [7, 11) is -1.52. The lowest BCUT2D eigenvalue weighted by atomic mass is 10.1. The van der Waals surface area contributed by atoms with Gasteiger partial charge in [0.15, 0.2) is 15.0 Å². The Bertz CT molecular complexity index is 1120. The number of fused-ring (bicyclic) bond motifs is 1. The molecule has 10 heteroatoms. The van der Waals surface area contributed by atoms with Crippen LogP contribution in [-0.4, -0.2) is 60.8 Å². The number of amides is 1. The molecule has 1 N–H and O–H groups in total. The molecule has 2 heterocycles. The summed E-state index contributed by atoms with van der Waals surface area (Å²) < 4.78 is 29.8. The van der Waals surface area contributed by atoms with Crippen molar-refractivity contribution in [2.45, 2.75) is 18.6 Å². The summed E-state index contributed by atoms with van der Waals surface area (Å²) in [5.74, 6) is 0.806. The lowest BCUT2D eigenvalue weighted by Crippen LogP contribution is -2.38. The van der Waals surface area contributed by atoms with E-state index in [2.05, 4.69) is 10.3 Å². The van der Waals surface area contributed by atoms with Crippen LogP contribution in [0.2, 0.25) is 5.02 Å². The highest BCUT2D eigenvalue weighted by molar-refractivity contribution is 8.14. The standard InChI is InChI=1S/C21H22ClN3O4S2/c1-29-19-8-3-2-5-14(19)10-25-18-13-31(27,28)12-17(18)24-21(25)30-11-20(26)23-16-7-4-6-15(22)9-16/h2-9,17-18H,10-13H2,1H3,(H,23,26)/t17-,18+/m1/s1. The highest BCUT2D eigenvalue weighted by Crippen LogP contribution is 2.33. The number of benzene rings is 2. The van der Waals surface area contributed by atoms with Gasteiger partial charge in [0, 0.05) is 22.8 Å². The number of ether oxygens (including phenoxy) is 1. The van der Waals surface area contributed by atoms with Crippen molar-refractivity contribution in [1.29, 1.82) is 0 Å². The first kappa shape index (κ1) is 22.0. The van der Waals surface area contributed by atoms with Crippen LogP contribution in [0.1, 0.15) is 5.56 Å². The number of methoxy groups -OCH3 is 1. The van der Waals surface area contributed by atoms with Crippen LogP contribution in [0.5, 0.6) is 5.75 Å². The highest BCUT2D eigenvalue weighted by atomic mass is 35.5. The number of hydrogen-bond donors (Lipinski definition) is 1. The SMILES string of the molecule is COc1ccccc1CN1C(SCC(=O)Nc2cccc(Cl)c2)=N[C@@H]2CS(=O)(=O)C[C@@H]21. The van der Waals surface area contributed by atoms with Crippen molar-refractivity contribution in [2.24, 2.45) is 4.99 Å². The van der Waals surface area contributed by atoms with Crippen LogP contribution in [0.4, 0.5) is 5.69 Å². The molecule has 4 rings (SSSR count). The molecule has 0 unspecified atom stereocenters. The van der Waals surface area contributed by atoms with Crippen LogP contribution in [0.25, 0.3) is 0 Å². The average molecular weight is 480 g/mol. The van der Waals surface area contributed by atoms with Crippen molar-refractivity contribution >= 4 is 50.0 Å². The zero-order chi connectivity index (χ0) is 22.0. The van der Waals surface area contributed by atoms with Crippen LogP contribution in [0, 0.1) is 0 Å². The number of carbonyl (C=O) groups excluding carboxylic acids is 1. The summed E-state index contributed by atoms with van der Waals surface area (Å²) in [6.45, 7) is 0.461. The van der Waals surface area contributed by atoms with E-state index in [9.17, 15) is 13.2 Å². The summed E-state index contributed by atoms with van der Waals surface area (Å²) in [4.78, 5) is 19.1. The smallest absolute Gasteiger partial charge is 0.234 e. The van der Waals surface area contributed by atoms with E-state index in [-0.39, 0.29) is 35.2 Å². The lowest BCUT2D eigenvalue weighted by molar-refractivity contribution is -0.113. The number of nitrogens with one attached hydrogen (secondary N) is 1. The topological polar surface area (TPSA) is 88.1 Å². The number of aliphatic imine (C=N–C) groups is 1. The molecule has 2 aromatic carbocycles. The molecule has 0 aliphatic carbocycles. The molecule has 2 aliphatic rings. The van der Waals surface area contributed by atoms with Gasteiger partial charge in [0.25, 0.3) is 0 Å². The third-order valence-electron chi connectivity index (χ3n) is 5.19. The first-order valence-electron chi connectivity index (χ1n) is 9.69. The summed E-state index contributed by atoms with van der Waals surface area (Å²) in [5, 5.41) is 4.04. The number of thioether (sulfide) groups is 1. The van der Waals surface area contributed by atoms with E-state index in [0.717, 1.165) is 11.3 Å². The molecule has 7 nitrogen and oxygen atoms in total. The number of sulfone groups is 1. The number of rotatable bonds is 6. The zero-order valence-electron chi connectivity index (χ0n) is 16.8. The molecule has 2 aromatic rings. The summed E-state index contributed by atoms with van der Waals surface area (Å²) in [5.41, 5.74) is 1.56. The van der Waals surface area contributed by atoms with E-state index in [4.69, 9.17) is 16.3 Å². The van der Waals surface area contributed by atoms with Gasteiger partial charge in [0.2, 0.25) is 5.91 Å². The van der Waals surface area contributed by atoms with Crippen LogP contribution in [0.15, 0.2) is 53.5 Å². The summed E-state index contributed by atoms with van der Waals surface area (Å²) in [6.07, 6.45) is 0. The molecule has 0 spiro atoms. The van der Waals surface area contributed by atoms with Gasteiger partial charge >= 0.3 is 0 Å². The maximum Gasteiger partial charge on any atom is 0.234 e. The molecule has 0 radical (unpaired) electrons. The first-order chi connectivity index (χ1) is 14.8. The number of halogens is 1. The maximum absolute atomic E-state index is 12.4. The number of hydrogen-bond acceptors (Lipinski definition) is 7. The Kier molecular flexibility index (Phi) is 6.45. The zero-order valence-corrected chi connectivity index (χ0v) is 19.2. The van der Waals surface area contributed by atoms with E-state index in [1.807, 2.05) is 29.2 Å². The van der Waals surface area contributed by atoms with Crippen molar-refractivity contribution < 1.29 is 17.9 Å². The molecular formula is C21H22ClN3O4S2. The van der Waals surface area contributed by atoms with Gasteiger partial charge in [-0.2, -0.15) is 0 Å². The Morgan fingerprint density at radius 3 is 2.84 bits per heavy atom. The Hall–Kier alpha value is -2.23. The van der Waals surface area contributed by atoms with Crippen LogP contribution >= 0.6 is 23.4 Å². The molecule has 0 aromatic heterocycles. The number of anilines is 1. The second-order valence-electron chi connectivity index (χ2n) is 7.41. The number of nitrogens with zero attached hydrogens (tertiary/aromatic N) is 2. The van der Waals surface area contributed by atoms with Gasteiger partial charge in [-0.15, -0.1) is 0 Å². The molecule has 1 amide bonds. The third-order valence-corrected chi connectivity index (χ3v) is 8.13. The number of carbonyl (C=O) groups is 1. The second-order valence-corrected chi connectivity index (χ2v) is 10.9. The average Bonchev–Trinajstić information content (AvgIpc) is 3.19. The van der Waals surface area contributed by atoms with Gasteiger partial charge in [-0.25, -0.2) is 8.42 Å². The molecule has 164 valence electrons. The first-order valence-corrected chi connectivity index (χ1v) is 12.9. The largest absolute Gasteiger partial charge is 0.496 e. The number of amidine groups is 1. The molecule has 1 fully saturated rings. The monoisotopic (exact) mass is 479 g/mol. The third kappa shape index (κ3) is 5.16. The maximum atomic E-state index is 12.4. The molecule has 0 saturated carbocycles. The Balaban J connectivity index is 1.48. The van der Waals surface area contributed by atoms with E-state index >= 15 is 0 Å². The Morgan fingerprint density at radius 1 is 1.26 bits per heavy atom. The van der Waals surface area contributed by atoms with E-state index in [0.29, 0.717) is 22.4 Å². The fraction of sp³-hybridized carbons (Fsp3) is 0.333. The minimum atomic E-state index is -3.13. The summed E-state index contributed by atoms with van der Waals surface area (Å²) >= 11 is 7.27. The van der Waals surface area contributed by atoms with Crippen molar-refractivity contribution in [3.05, 3.63) is 59.1 Å². The summed E-state index contributed by atoms with van der Waals surface area (Å²) in [6, 6.07) is 14.0. The normalized spacial score (nSPS) is 21.5. The van der Waals surface area contributed by atoms with Gasteiger partial charge in [-0.1, -0.05) is 47.6 Å². The Morgan fingerprint density at radius 2 is 2.06 bits per heavy atom. The van der Waals surface area contributed by atoms with Gasteiger partial charge in [0.05, 0.1) is 36.5 Å². The van der Waals surface area contributed by atoms with Crippen LogP contribution < -0.4 is 10.1 Å². The van der Waals surface area contributed by atoms with Gasteiger partial charge in [-0.3, -0.25) is 9.79 Å². The fourth-order valence-corrected chi connectivity index (χ4v) is 6.78. The predicted octanol–water partition coefficient (Wildman–Crippen LogP) is 3.06. The van der Waals surface area contributed by atoms with E-state index in [1.54, 1.807) is 31.4 Å². The van der Waals surface area contributed by atoms with E-state index in [1.165, 1.54) is 11.8 Å². The van der Waals surface area contributed by atoms with Gasteiger partial charge < -0.3 is 15.0 Å². The highest BCUT2D eigenvalue weighted by Gasteiger charge is 2.46. The molecule has 2 aliphatic heterocycles. The van der Waals surface area contributed by atoms with Crippen molar-refractivity contribution in [1.82, 2.24) is 4.90 Å². The molecule has 1 saturated heterocycles. The van der Waals surface area contributed by atoms with Crippen molar-refractivity contribution in [3.8, 4) is 5.75 Å². The molecular weight excluding hydrogens is 458 g/mol. The minimum absolute atomic E-state index is 0.0405. The number of para-hydroxylation sites is 1. The van der Waals surface area contributed by atoms with Gasteiger partial charge in [-0.05, 0) is 24.3 Å². The lowest BCUT2D eigenvalue weighted by Gasteiger charge is -2.27. The van der Waals surface area contributed by atoms with Crippen molar-refractivity contribution in [3.63, 3.8) is 0 Å². The van der Waals surface area contributed by atoms with Gasteiger partial charge in [0.1, 0.15) is 5.75 Å². The fourth-order valence-electron chi connectivity index (χ4n) is 3.80. The second kappa shape index (κ2) is 9.10. The predicted molar refractivity (Wildman–Crippen MR) is 125 cm³/mol. The Labute approximate surface area is 190 Å². The minimum Gasteiger partial charge on any atom is -0.496 e. The molecule has 0 bridgehead atoms. The molecule has 31 heavy (non-hydrogen) atoms.